The Hall–Kier alpha value is 0.0600. The molecule has 2 fully saturated rings. The van der Waals surface area contributed by atoms with Crippen LogP contribution in [0.2, 0.25) is 0 Å². The molecule has 100 valence electrons. The topological polar surface area (TPSA) is 15.3 Å². The molecule has 2 atom stereocenters. The van der Waals surface area contributed by atoms with Crippen molar-refractivity contribution in [2.45, 2.75) is 43.3 Å². The van der Waals surface area contributed by atoms with Crippen LogP contribution in [0.4, 0.5) is 13.2 Å². The van der Waals surface area contributed by atoms with E-state index < -0.39 is 5.51 Å². The molecular formula is C11H19F3N2S. The number of alkyl halides is 3. The lowest BCUT2D eigenvalue weighted by molar-refractivity contribution is -0.0327. The van der Waals surface area contributed by atoms with Crippen molar-refractivity contribution in [1.29, 1.82) is 0 Å². The van der Waals surface area contributed by atoms with E-state index in [0.717, 1.165) is 19.4 Å². The van der Waals surface area contributed by atoms with Gasteiger partial charge in [0.25, 0.3) is 0 Å². The fourth-order valence-corrected chi connectivity index (χ4v) is 3.29. The lowest BCUT2D eigenvalue weighted by Crippen LogP contribution is -2.46. The molecule has 0 bridgehead atoms. The number of rotatable bonds is 4. The summed E-state index contributed by atoms with van der Waals surface area (Å²) in [6.07, 6.45) is 4.72. The van der Waals surface area contributed by atoms with Gasteiger partial charge in [-0.3, -0.25) is 0 Å². The van der Waals surface area contributed by atoms with E-state index in [1.165, 1.54) is 19.4 Å². The summed E-state index contributed by atoms with van der Waals surface area (Å²) >= 11 is 0.0687. The number of thioether (sulfide) groups is 1. The van der Waals surface area contributed by atoms with Crippen molar-refractivity contribution >= 4 is 11.8 Å². The molecule has 6 heteroatoms. The van der Waals surface area contributed by atoms with Crippen LogP contribution in [0.25, 0.3) is 0 Å². The second kappa shape index (κ2) is 5.80. The van der Waals surface area contributed by atoms with Gasteiger partial charge in [-0.1, -0.05) is 0 Å². The van der Waals surface area contributed by atoms with Gasteiger partial charge in [-0.25, -0.2) is 0 Å². The van der Waals surface area contributed by atoms with Crippen LogP contribution in [-0.2, 0) is 0 Å². The number of nitrogens with one attached hydrogen (secondary N) is 1. The van der Waals surface area contributed by atoms with Crippen molar-refractivity contribution in [3.63, 3.8) is 0 Å². The third kappa shape index (κ3) is 4.34. The highest BCUT2D eigenvalue weighted by molar-refractivity contribution is 8.00. The number of hydrogen-bond donors (Lipinski definition) is 1. The Morgan fingerprint density at radius 1 is 1.24 bits per heavy atom. The maximum absolute atomic E-state index is 11.9. The Kier molecular flexibility index (Phi) is 4.60. The highest BCUT2D eigenvalue weighted by Gasteiger charge is 2.31. The van der Waals surface area contributed by atoms with Gasteiger partial charge in [0.15, 0.2) is 0 Å². The average molecular weight is 268 g/mol. The maximum Gasteiger partial charge on any atom is 0.441 e. The summed E-state index contributed by atoms with van der Waals surface area (Å²) < 4.78 is 35.8. The molecule has 2 aliphatic heterocycles. The van der Waals surface area contributed by atoms with Crippen molar-refractivity contribution in [1.82, 2.24) is 10.2 Å². The Labute approximate surface area is 104 Å². The summed E-state index contributed by atoms with van der Waals surface area (Å²) in [5.74, 6) is 0.119. The van der Waals surface area contributed by atoms with Crippen molar-refractivity contribution in [2.75, 3.05) is 25.4 Å². The van der Waals surface area contributed by atoms with Gasteiger partial charge in [0, 0.05) is 24.4 Å². The summed E-state index contributed by atoms with van der Waals surface area (Å²) in [7, 11) is 0. The molecule has 0 spiro atoms. The van der Waals surface area contributed by atoms with E-state index in [9.17, 15) is 13.2 Å². The van der Waals surface area contributed by atoms with Gasteiger partial charge in [-0.05, 0) is 50.5 Å². The maximum atomic E-state index is 11.9. The summed E-state index contributed by atoms with van der Waals surface area (Å²) in [6, 6.07) is 1.10. The highest BCUT2D eigenvalue weighted by atomic mass is 32.2. The predicted octanol–water partition coefficient (Wildman–Crippen LogP) is 2.46. The summed E-state index contributed by atoms with van der Waals surface area (Å²) in [5.41, 5.74) is -4.09. The number of nitrogens with zero attached hydrogens (tertiary/aromatic N) is 1. The molecule has 0 aromatic carbocycles. The molecule has 0 radical (unpaired) electrons. The first-order chi connectivity index (χ1) is 8.04. The second-order valence-electron chi connectivity index (χ2n) is 4.80. The van der Waals surface area contributed by atoms with Gasteiger partial charge in [0.1, 0.15) is 0 Å². The summed E-state index contributed by atoms with van der Waals surface area (Å²) in [5, 5.41) is 3.26. The monoisotopic (exact) mass is 268 g/mol. The quantitative estimate of drug-likeness (QED) is 0.789. The Balaban J connectivity index is 1.60. The first kappa shape index (κ1) is 13.5. The van der Waals surface area contributed by atoms with Crippen LogP contribution in [0.1, 0.15) is 25.7 Å². The molecule has 0 aliphatic carbocycles. The molecule has 2 nitrogen and oxygen atoms in total. The van der Waals surface area contributed by atoms with E-state index in [1.54, 1.807) is 0 Å². The molecule has 2 aliphatic rings. The molecule has 17 heavy (non-hydrogen) atoms. The summed E-state index contributed by atoms with van der Waals surface area (Å²) in [4.78, 5) is 2.52. The molecule has 2 rings (SSSR count). The highest BCUT2D eigenvalue weighted by Crippen LogP contribution is 2.30. The molecule has 2 saturated heterocycles. The zero-order chi connectivity index (χ0) is 12.3. The van der Waals surface area contributed by atoms with Gasteiger partial charge < -0.3 is 10.2 Å². The fraction of sp³-hybridized carbons (Fsp3) is 1.00. The van der Waals surface area contributed by atoms with Gasteiger partial charge >= 0.3 is 5.51 Å². The first-order valence-electron chi connectivity index (χ1n) is 6.23. The minimum Gasteiger partial charge on any atom is -0.313 e. The van der Waals surface area contributed by atoms with E-state index >= 15 is 0 Å². The van der Waals surface area contributed by atoms with Crippen molar-refractivity contribution < 1.29 is 13.2 Å². The average Bonchev–Trinajstić information content (AvgIpc) is 2.70. The molecule has 0 saturated carbocycles. The van der Waals surface area contributed by atoms with E-state index in [4.69, 9.17) is 0 Å². The molecule has 0 aromatic rings. The van der Waals surface area contributed by atoms with Gasteiger partial charge in [0.05, 0.1) is 0 Å². The summed E-state index contributed by atoms with van der Waals surface area (Å²) in [6.45, 7) is 2.78. The SMILES string of the molecule is FC(F)(F)SCCNC1CCN2CCCC2C1. The zero-order valence-corrected chi connectivity index (χ0v) is 10.6. The molecule has 0 amide bonds. The van der Waals surface area contributed by atoms with Crippen molar-refractivity contribution in [2.24, 2.45) is 0 Å². The molecule has 1 N–H and O–H groups in total. The normalized spacial score (nSPS) is 30.5. The molecular weight excluding hydrogens is 249 g/mol. The smallest absolute Gasteiger partial charge is 0.313 e. The van der Waals surface area contributed by atoms with E-state index in [2.05, 4.69) is 10.2 Å². The number of halogens is 3. The third-order valence-electron chi connectivity index (χ3n) is 3.62. The largest absolute Gasteiger partial charge is 0.441 e. The Bertz CT molecular complexity index is 247. The molecule has 0 aromatic heterocycles. The van der Waals surface area contributed by atoms with E-state index in [-0.39, 0.29) is 17.5 Å². The van der Waals surface area contributed by atoms with Crippen molar-refractivity contribution in [3.8, 4) is 0 Å². The minimum atomic E-state index is -4.09. The van der Waals surface area contributed by atoms with Crippen LogP contribution in [-0.4, -0.2) is 47.9 Å². The number of hydrogen-bond acceptors (Lipinski definition) is 3. The zero-order valence-electron chi connectivity index (χ0n) is 9.80. The first-order valence-corrected chi connectivity index (χ1v) is 7.21. The standard InChI is InChI=1S/C11H19F3N2S/c12-11(13,14)17-7-4-15-9-3-6-16-5-1-2-10(16)8-9/h9-10,15H,1-8H2. The van der Waals surface area contributed by atoms with Crippen LogP contribution in [0.15, 0.2) is 0 Å². The van der Waals surface area contributed by atoms with Crippen LogP contribution in [0.3, 0.4) is 0 Å². The Morgan fingerprint density at radius 2 is 2.06 bits per heavy atom. The Morgan fingerprint density at radius 3 is 2.82 bits per heavy atom. The molecule has 2 heterocycles. The van der Waals surface area contributed by atoms with Crippen LogP contribution < -0.4 is 5.32 Å². The van der Waals surface area contributed by atoms with Crippen LogP contribution in [0.5, 0.6) is 0 Å². The molecule has 2 unspecified atom stereocenters. The second-order valence-corrected chi connectivity index (χ2v) is 5.96. The van der Waals surface area contributed by atoms with Crippen LogP contribution in [0, 0.1) is 0 Å². The van der Waals surface area contributed by atoms with Crippen LogP contribution >= 0.6 is 11.8 Å². The van der Waals surface area contributed by atoms with Crippen molar-refractivity contribution in [3.05, 3.63) is 0 Å². The fourth-order valence-electron chi connectivity index (χ4n) is 2.84. The van der Waals surface area contributed by atoms with Gasteiger partial charge in [-0.2, -0.15) is 13.2 Å². The van der Waals surface area contributed by atoms with E-state index in [0.29, 0.717) is 18.6 Å². The lowest BCUT2D eigenvalue weighted by Gasteiger charge is -2.35. The minimum absolute atomic E-state index is 0.0687. The lowest BCUT2D eigenvalue weighted by atomic mass is 9.98. The number of piperidine rings is 1. The van der Waals surface area contributed by atoms with E-state index in [1.807, 2.05) is 0 Å². The third-order valence-corrected chi connectivity index (χ3v) is 4.36. The number of fused-ring (bicyclic) bond motifs is 1. The van der Waals surface area contributed by atoms with Gasteiger partial charge in [0.2, 0.25) is 0 Å². The predicted molar refractivity (Wildman–Crippen MR) is 64.1 cm³/mol. The van der Waals surface area contributed by atoms with Gasteiger partial charge in [-0.15, -0.1) is 0 Å².